The average Bonchev–Trinajstić information content (AvgIpc) is 3.40. The van der Waals surface area contributed by atoms with Gasteiger partial charge in [0.1, 0.15) is 6.04 Å². The largest absolute Gasteiger partial charge is 0.463 e. The SMILES string of the molecule is CC(C)[C@@H](NC(=O)c1ccco1)C(=O)NC[C@H](c1ccco1)[NH+]1CCCCC1. The van der Waals surface area contributed by atoms with Gasteiger partial charge in [-0.1, -0.05) is 13.8 Å². The van der Waals surface area contributed by atoms with Crippen LogP contribution in [-0.2, 0) is 4.79 Å². The number of furan rings is 2. The van der Waals surface area contributed by atoms with Gasteiger partial charge in [0.15, 0.2) is 17.6 Å². The molecule has 0 aromatic carbocycles. The topological polar surface area (TPSA) is 88.9 Å². The number of hydrogen-bond donors (Lipinski definition) is 3. The van der Waals surface area contributed by atoms with Gasteiger partial charge in [-0.3, -0.25) is 9.59 Å². The van der Waals surface area contributed by atoms with Crippen LogP contribution in [0.1, 0.15) is 55.5 Å². The highest BCUT2D eigenvalue weighted by Gasteiger charge is 2.31. The maximum absolute atomic E-state index is 12.9. The van der Waals surface area contributed by atoms with Crippen LogP contribution in [0.4, 0.5) is 0 Å². The third-order valence-electron chi connectivity index (χ3n) is 5.34. The summed E-state index contributed by atoms with van der Waals surface area (Å²) < 4.78 is 10.8. The Balaban J connectivity index is 1.63. The van der Waals surface area contributed by atoms with Gasteiger partial charge in [0.25, 0.3) is 5.91 Å². The molecule has 7 heteroatoms. The minimum Gasteiger partial charge on any atom is -0.463 e. The molecule has 28 heavy (non-hydrogen) atoms. The van der Waals surface area contributed by atoms with E-state index in [0.29, 0.717) is 6.54 Å². The number of piperidine rings is 1. The van der Waals surface area contributed by atoms with Crippen LogP contribution in [0.5, 0.6) is 0 Å². The normalized spacial score (nSPS) is 17.2. The third kappa shape index (κ3) is 5.04. The van der Waals surface area contributed by atoms with Crippen molar-refractivity contribution in [2.45, 2.75) is 45.2 Å². The number of amides is 2. The highest BCUT2D eigenvalue weighted by Crippen LogP contribution is 2.12. The minimum atomic E-state index is -0.633. The predicted octanol–water partition coefficient (Wildman–Crippen LogP) is 1.55. The van der Waals surface area contributed by atoms with Crippen LogP contribution < -0.4 is 15.5 Å². The average molecular weight is 388 g/mol. The number of carbonyl (C=O) groups excluding carboxylic acids is 2. The monoisotopic (exact) mass is 388 g/mol. The van der Waals surface area contributed by atoms with Crippen LogP contribution >= 0.6 is 0 Å². The van der Waals surface area contributed by atoms with Gasteiger partial charge in [-0.15, -0.1) is 0 Å². The molecule has 0 bridgehead atoms. The minimum absolute atomic E-state index is 0.0525. The zero-order valence-corrected chi connectivity index (χ0v) is 16.6. The summed E-state index contributed by atoms with van der Waals surface area (Å²) >= 11 is 0. The van der Waals surface area contributed by atoms with E-state index in [1.165, 1.54) is 30.4 Å². The molecule has 1 aliphatic heterocycles. The Labute approximate surface area is 165 Å². The van der Waals surface area contributed by atoms with Crippen LogP contribution in [-0.4, -0.2) is 37.5 Å². The third-order valence-corrected chi connectivity index (χ3v) is 5.34. The van der Waals surface area contributed by atoms with Crippen molar-refractivity contribution >= 4 is 11.8 Å². The molecule has 2 amide bonds. The molecule has 1 saturated heterocycles. The second-order valence-electron chi connectivity index (χ2n) is 7.70. The van der Waals surface area contributed by atoms with Crippen LogP contribution in [0.3, 0.4) is 0 Å². The second-order valence-corrected chi connectivity index (χ2v) is 7.70. The lowest BCUT2D eigenvalue weighted by Gasteiger charge is -2.31. The molecule has 0 spiro atoms. The molecule has 3 N–H and O–H groups in total. The first kappa shape index (κ1) is 20.2. The van der Waals surface area contributed by atoms with Crippen molar-refractivity contribution in [2.75, 3.05) is 19.6 Å². The molecule has 0 saturated carbocycles. The molecule has 2 aromatic heterocycles. The van der Waals surface area contributed by atoms with Gasteiger partial charge in [0, 0.05) is 0 Å². The van der Waals surface area contributed by atoms with Crippen molar-refractivity contribution in [1.82, 2.24) is 10.6 Å². The van der Waals surface area contributed by atoms with Crippen molar-refractivity contribution in [3.8, 4) is 0 Å². The van der Waals surface area contributed by atoms with E-state index in [9.17, 15) is 9.59 Å². The van der Waals surface area contributed by atoms with E-state index in [0.717, 1.165) is 18.8 Å². The molecule has 2 aromatic rings. The lowest BCUT2D eigenvalue weighted by molar-refractivity contribution is -0.936. The summed E-state index contributed by atoms with van der Waals surface area (Å²) in [7, 11) is 0. The van der Waals surface area contributed by atoms with Crippen molar-refractivity contribution < 1.29 is 23.3 Å². The van der Waals surface area contributed by atoms with E-state index in [4.69, 9.17) is 8.83 Å². The first-order valence-electron chi connectivity index (χ1n) is 10.1. The molecular formula is C21H30N3O4+. The molecule has 3 heterocycles. The fraction of sp³-hybridized carbons (Fsp3) is 0.524. The van der Waals surface area contributed by atoms with Gasteiger partial charge in [-0.2, -0.15) is 0 Å². The molecule has 152 valence electrons. The van der Waals surface area contributed by atoms with Crippen molar-refractivity contribution in [2.24, 2.45) is 5.92 Å². The Kier molecular flexibility index (Phi) is 6.92. The summed E-state index contributed by atoms with van der Waals surface area (Å²) in [5.41, 5.74) is 0. The summed E-state index contributed by atoms with van der Waals surface area (Å²) in [6, 6.07) is 6.52. The van der Waals surface area contributed by atoms with Gasteiger partial charge in [0.2, 0.25) is 5.91 Å². The number of carbonyl (C=O) groups is 2. The predicted molar refractivity (Wildman–Crippen MR) is 104 cm³/mol. The van der Waals surface area contributed by atoms with Gasteiger partial charge < -0.3 is 24.4 Å². The molecular weight excluding hydrogens is 358 g/mol. The smallest absolute Gasteiger partial charge is 0.287 e. The molecule has 3 rings (SSSR count). The van der Waals surface area contributed by atoms with Crippen molar-refractivity contribution in [3.05, 3.63) is 48.3 Å². The summed E-state index contributed by atoms with van der Waals surface area (Å²) in [5, 5.41) is 5.82. The summed E-state index contributed by atoms with van der Waals surface area (Å²) in [6.07, 6.45) is 6.75. The zero-order chi connectivity index (χ0) is 19.9. The highest BCUT2D eigenvalue weighted by molar-refractivity contribution is 5.95. The molecule has 0 unspecified atom stereocenters. The molecule has 1 fully saturated rings. The standard InChI is InChI=1S/C21H29N3O4/c1-15(2)19(23-20(25)18-9-7-13-28-18)21(26)22-14-16(17-8-6-12-27-17)24-10-4-3-5-11-24/h6-9,12-13,15-16,19H,3-5,10-11,14H2,1-2H3,(H,22,26)(H,23,25)/p+1/t16-,19-/m1/s1. The molecule has 7 nitrogen and oxygen atoms in total. The first-order chi connectivity index (χ1) is 13.6. The van der Waals surface area contributed by atoms with Gasteiger partial charge in [-0.25, -0.2) is 0 Å². The summed E-state index contributed by atoms with van der Waals surface area (Å²) in [5.74, 6) is 0.455. The summed E-state index contributed by atoms with van der Waals surface area (Å²) in [4.78, 5) is 26.6. The van der Waals surface area contributed by atoms with Crippen LogP contribution in [0.2, 0.25) is 0 Å². The number of nitrogens with one attached hydrogen (secondary N) is 3. The molecule has 0 radical (unpaired) electrons. The highest BCUT2D eigenvalue weighted by atomic mass is 16.3. The number of quaternary nitrogens is 1. The van der Waals surface area contributed by atoms with E-state index >= 15 is 0 Å². The lowest BCUT2D eigenvalue weighted by atomic mass is 10.0. The van der Waals surface area contributed by atoms with Crippen molar-refractivity contribution in [1.29, 1.82) is 0 Å². The van der Waals surface area contributed by atoms with Crippen LogP contribution in [0.25, 0.3) is 0 Å². The lowest BCUT2D eigenvalue weighted by Crippen LogP contribution is -3.13. The molecule has 0 aliphatic carbocycles. The van der Waals surface area contributed by atoms with Gasteiger partial charge in [-0.05, 0) is 49.4 Å². The Morgan fingerprint density at radius 3 is 2.39 bits per heavy atom. The maximum atomic E-state index is 12.9. The molecule has 1 aliphatic rings. The first-order valence-corrected chi connectivity index (χ1v) is 10.1. The van der Waals surface area contributed by atoms with E-state index < -0.39 is 6.04 Å². The Bertz CT molecular complexity index is 734. The van der Waals surface area contributed by atoms with E-state index in [1.54, 1.807) is 18.4 Å². The van der Waals surface area contributed by atoms with E-state index in [-0.39, 0.29) is 29.5 Å². The quantitative estimate of drug-likeness (QED) is 0.640. The number of likely N-dealkylation sites (tertiary alicyclic amines) is 1. The fourth-order valence-corrected chi connectivity index (χ4v) is 3.76. The van der Waals surface area contributed by atoms with Crippen LogP contribution in [0.15, 0.2) is 45.6 Å². The Hall–Kier alpha value is -2.54. The fourth-order valence-electron chi connectivity index (χ4n) is 3.76. The maximum Gasteiger partial charge on any atom is 0.287 e. The Morgan fingerprint density at radius 2 is 1.79 bits per heavy atom. The van der Waals surface area contributed by atoms with E-state index in [2.05, 4.69) is 10.6 Å². The number of rotatable bonds is 8. The summed E-state index contributed by atoms with van der Waals surface area (Å²) in [6.45, 7) is 6.44. The van der Waals surface area contributed by atoms with Crippen molar-refractivity contribution in [3.63, 3.8) is 0 Å². The van der Waals surface area contributed by atoms with E-state index in [1.807, 2.05) is 26.0 Å². The Morgan fingerprint density at radius 1 is 1.07 bits per heavy atom. The van der Waals surface area contributed by atoms with Gasteiger partial charge in [0.05, 0.1) is 32.2 Å². The number of hydrogen-bond acceptors (Lipinski definition) is 4. The van der Waals surface area contributed by atoms with Gasteiger partial charge >= 0.3 is 0 Å². The second kappa shape index (κ2) is 9.59. The zero-order valence-electron chi connectivity index (χ0n) is 16.6. The molecule has 2 atom stereocenters. The van der Waals surface area contributed by atoms with Crippen LogP contribution in [0, 0.1) is 5.92 Å².